The maximum Gasteiger partial charge on any atom is 0.251 e. The third kappa shape index (κ3) is 3.16. The molecule has 0 saturated heterocycles. The fraction of sp³-hybridized carbons (Fsp3) is 0.333. The Kier molecular flexibility index (Phi) is 3.51. The smallest absolute Gasteiger partial charge is 0.251 e. The summed E-state index contributed by atoms with van der Waals surface area (Å²) in [5, 5.41) is 2.89. The molecule has 1 atom stereocenters. The number of hydrogen-bond donors (Lipinski definition) is 2. The van der Waals surface area contributed by atoms with Crippen molar-refractivity contribution in [3.63, 3.8) is 0 Å². The number of nitrogens with one attached hydrogen (secondary N) is 2. The first kappa shape index (κ1) is 13.5. The van der Waals surface area contributed by atoms with Gasteiger partial charge in [0.25, 0.3) is 5.56 Å². The van der Waals surface area contributed by atoms with E-state index in [0.29, 0.717) is 11.5 Å². The fourth-order valence-corrected chi connectivity index (χ4v) is 2.09. The summed E-state index contributed by atoms with van der Waals surface area (Å²) in [4.78, 5) is 34.7. The highest BCUT2D eigenvalue weighted by atomic mass is 16.2. The van der Waals surface area contributed by atoms with Crippen molar-refractivity contribution in [2.45, 2.75) is 25.8 Å². The van der Waals surface area contributed by atoms with E-state index >= 15 is 0 Å². The second kappa shape index (κ2) is 5.47. The van der Waals surface area contributed by atoms with E-state index in [4.69, 9.17) is 0 Å². The first-order valence-electron chi connectivity index (χ1n) is 6.95. The van der Waals surface area contributed by atoms with Crippen molar-refractivity contribution in [3.05, 3.63) is 46.6 Å². The van der Waals surface area contributed by atoms with Gasteiger partial charge in [0.1, 0.15) is 5.82 Å². The van der Waals surface area contributed by atoms with E-state index < -0.39 is 0 Å². The minimum atomic E-state index is -0.296. The van der Waals surface area contributed by atoms with Crippen LogP contribution in [0.5, 0.6) is 0 Å². The van der Waals surface area contributed by atoms with Crippen LogP contribution >= 0.6 is 0 Å². The Morgan fingerprint density at radius 3 is 2.95 bits per heavy atom. The van der Waals surface area contributed by atoms with Crippen LogP contribution in [0.3, 0.4) is 0 Å². The quantitative estimate of drug-likeness (QED) is 0.888. The van der Waals surface area contributed by atoms with Crippen LogP contribution in [-0.2, 0) is 4.79 Å². The Morgan fingerprint density at radius 2 is 2.29 bits per heavy atom. The van der Waals surface area contributed by atoms with E-state index in [0.717, 1.165) is 18.4 Å². The fourth-order valence-electron chi connectivity index (χ4n) is 2.09. The summed E-state index contributed by atoms with van der Waals surface area (Å²) in [5.41, 5.74) is 1.04. The molecule has 1 aliphatic rings. The largest absolute Gasteiger partial charge is 0.348 e. The number of aromatic amines is 1. The number of hydrogen-bond acceptors (Lipinski definition) is 4. The first-order valence-corrected chi connectivity index (χ1v) is 6.95. The van der Waals surface area contributed by atoms with Gasteiger partial charge in [-0.05, 0) is 31.9 Å². The molecule has 1 aliphatic carbocycles. The number of carbonyl (C=O) groups excluding carboxylic acids is 1. The van der Waals surface area contributed by atoms with Gasteiger partial charge in [-0.15, -0.1) is 0 Å². The van der Waals surface area contributed by atoms with Gasteiger partial charge in [0, 0.05) is 29.9 Å². The van der Waals surface area contributed by atoms with Gasteiger partial charge in [-0.3, -0.25) is 14.6 Å². The zero-order valence-corrected chi connectivity index (χ0v) is 11.7. The SMILES string of the molecule is CC(NC(=O)C1CC1)c1cc(=O)[nH]c(-c2cccnc2)n1. The molecule has 2 heterocycles. The van der Waals surface area contributed by atoms with Gasteiger partial charge < -0.3 is 10.3 Å². The summed E-state index contributed by atoms with van der Waals surface area (Å²) < 4.78 is 0. The van der Waals surface area contributed by atoms with Gasteiger partial charge >= 0.3 is 0 Å². The average Bonchev–Trinajstić information content (AvgIpc) is 3.32. The molecular formula is C15H16N4O2. The lowest BCUT2D eigenvalue weighted by atomic mass is 10.2. The number of H-pyrrole nitrogens is 1. The molecule has 0 spiro atoms. The monoisotopic (exact) mass is 284 g/mol. The summed E-state index contributed by atoms with van der Waals surface area (Å²) in [6.07, 6.45) is 5.18. The molecule has 0 aromatic carbocycles. The normalized spacial score (nSPS) is 15.5. The molecule has 1 amide bonds. The molecule has 6 nitrogen and oxygen atoms in total. The third-order valence-corrected chi connectivity index (χ3v) is 3.45. The van der Waals surface area contributed by atoms with Gasteiger partial charge in [-0.2, -0.15) is 0 Å². The summed E-state index contributed by atoms with van der Waals surface area (Å²) in [7, 11) is 0. The van der Waals surface area contributed by atoms with Crippen LogP contribution in [0.25, 0.3) is 11.4 Å². The molecule has 1 unspecified atom stereocenters. The molecule has 108 valence electrons. The highest BCUT2D eigenvalue weighted by molar-refractivity contribution is 5.81. The zero-order chi connectivity index (χ0) is 14.8. The summed E-state index contributed by atoms with van der Waals surface area (Å²) in [6, 6.07) is 4.72. The molecule has 2 aromatic heterocycles. The van der Waals surface area contributed by atoms with Gasteiger partial charge in [-0.25, -0.2) is 4.98 Å². The Bertz CT molecular complexity index is 707. The Labute approximate surface area is 121 Å². The number of nitrogens with zero attached hydrogens (tertiary/aromatic N) is 2. The van der Waals surface area contributed by atoms with Crippen LogP contribution in [0.2, 0.25) is 0 Å². The minimum Gasteiger partial charge on any atom is -0.348 e. The first-order chi connectivity index (χ1) is 10.1. The Hall–Kier alpha value is -2.50. The van der Waals surface area contributed by atoms with Crippen molar-refractivity contribution in [3.8, 4) is 11.4 Å². The second-order valence-corrected chi connectivity index (χ2v) is 5.27. The van der Waals surface area contributed by atoms with Crippen molar-refractivity contribution in [1.29, 1.82) is 0 Å². The van der Waals surface area contributed by atoms with Crippen molar-refractivity contribution in [2.24, 2.45) is 5.92 Å². The van der Waals surface area contributed by atoms with E-state index in [1.54, 1.807) is 18.5 Å². The Balaban J connectivity index is 1.87. The average molecular weight is 284 g/mol. The van der Waals surface area contributed by atoms with E-state index in [-0.39, 0.29) is 23.4 Å². The number of pyridine rings is 1. The maximum absolute atomic E-state index is 11.8. The van der Waals surface area contributed by atoms with Crippen LogP contribution in [0.15, 0.2) is 35.4 Å². The van der Waals surface area contributed by atoms with E-state index in [1.807, 2.05) is 13.0 Å². The molecule has 0 aliphatic heterocycles. The molecule has 6 heteroatoms. The topological polar surface area (TPSA) is 87.7 Å². The summed E-state index contributed by atoms with van der Waals surface area (Å²) in [6.45, 7) is 1.83. The van der Waals surface area contributed by atoms with E-state index in [2.05, 4.69) is 20.3 Å². The molecular weight excluding hydrogens is 268 g/mol. The van der Waals surface area contributed by atoms with Gasteiger partial charge in [0.15, 0.2) is 0 Å². The van der Waals surface area contributed by atoms with Gasteiger partial charge in [-0.1, -0.05) is 0 Å². The predicted octanol–water partition coefficient (Wildman–Crippen LogP) is 1.42. The van der Waals surface area contributed by atoms with Crippen molar-refractivity contribution in [2.75, 3.05) is 0 Å². The lowest BCUT2D eigenvalue weighted by Crippen LogP contribution is -2.29. The minimum absolute atomic E-state index is 0.0347. The van der Waals surface area contributed by atoms with Gasteiger partial charge in [0.2, 0.25) is 5.91 Å². The molecule has 0 bridgehead atoms. The van der Waals surface area contributed by atoms with E-state index in [1.165, 1.54) is 6.07 Å². The standard InChI is InChI=1S/C15H16N4O2/c1-9(17-15(21)10-4-5-10)12-7-13(20)19-14(18-12)11-3-2-6-16-8-11/h2-3,6-10H,4-5H2,1H3,(H,17,21)(H,18,19,20). The summed E-state index contributed by atoms with van der Waals surface area (Å²) in [5.74, 6) is 0.623. The highest BCUT2D eigenvalue weighted by Crippen LogP contribution is 2.29. The maximum atomic E-state index is 11.8. The molecule has 2 N–H and O–H groups in total. The number of aromatic nitrogens is 3. The van der Waals surface area contributed by atoms with Gasteiger partial charge in [0.05, 0.1) is 11.7 Å². The van der Waals surface area contributed by atoms with Crippen LogP contribution < -0.4 is 10.9 Å². The number of rotatable bonds is 4. The number of amides is 1. The van der Waals surface area contributed by atoms with Crippen molar-refractivity contribution >= 4 is 5.91 Å². The van der Waals surface area contributed by atoms with Crippen LogP contribution in [-0.4, -0.2) is 20.9 Å². The second-order valence-electron chi connectivity index (χ2n) is 5.27. The molecule has 1 fully saturated rings. The Morgan fingerprint density at radius 1 is 1.48 bits per heavy atom. The molecule has 21 heavy (non-hydrogen) atoms. The van der Waals surface area contributed by atoms with Crippen molar-refractivity contribution < 1.29 is 4.79 Å². The predicted molar refractivity (Wildman–Crippen MR) is 77.4 cm³/mol. The van der Waals surface area contributed by atoms with Crippen LogP contribution in [0, 0.1) is 5.92 Å². The molecule has 0 radical (unpaired) electrons. The van der Waals surface area contributed by atoms with Crippen molar-refractivity contribution in [1.82, 2.24) is 20.3 Å². The third-order valence-electron chi connectivity index (χ3n) is 3.45. The molecule has 3 rings (SSSR count). The highest BCUT2D eigenvalue weighted by Gasteiger charge is 2.30. The molecule has 2 aromatic rings. The lowest BCUT2D eigenvalue weighted by molar-refractivity contribution is -0.122. The number of carbonyl (C=O) groups is 1. The zero-order valence-electron chi connectivity index (χ0n) is 11.7. The lowest BCUT2D eigenvalue weighted by Gasteiger charge is -2.13. The summed E-state index contributed by atoms with van der Waals surface area (Å²) >= 11 is 0. The molecule has 1 saturated carbocycles. The van der Waals surface area contributed by atoms with E-state index in [9.17, 15) is 9.59 Å². The van der Waals surface area contributed by atoms with Crippen LogP contribution in [0.1, 0.15) is 31.5 Å². The van der Waals surface area contributed by atoms with Crippen LogP contribution in [0.4, 0.5) is 0 Å².